The van der Waals surface area contributed by atoms with Crippen LogP contribution in [0.1, 0.15) is 0 Å². The van der Waals surface area contributed by atoms with Crippen LogP contribution in [0.25, 0.3) is 44.7 Å². The number of hydrogen-bond donors (Lipinski definition) is 2. The number of hydrogen-bond acceptors (Lipinski definition) is 6. The van der Waals surface area contributed by atoms with Crippen molar-refractivity contribution in [3.05, 3.63) is 49.4 Å². The number of H-pyrrole nitrogens is 2. The molecule has 0 saturated heterocycles. The summed E-state index contributed by atoms with van der Waals surface area (Å²) < 4.78 is 0. The zero-order valence-corrected chi connectivity index (χ0v) is 12.3. The van der Waals surface area contributed by atoms with Gasteiger partial charge in [0.2, 0.25) is 0 Å². The molecule has 5 rings (SSSR count). The average Bonchev–Trinajstić information content (AvgIpc) is 3.25. The van der Waals surface area contributed by atoms with Crippen molar-refractivity contribution in [2.24, 2.45) is 0 Å². The number of nitrogens with one attached hydrogen (secondary N) is 2. The summed E-state index contributed by atoms with van der Waals surface area (Å²) in [6.45, 7) is 0. The zero-order chi connectivity index (χ0) is 15.9. The first-order valence-electron chi connectivity index (χ1n) is 7.28. The van der Waals surface area contributed by atoms with Crippen LogP contribution in [0.5, 0.6) is 0 Å². The lowest BCUT2D eigenvalue weighted by Gasteiger charge is -2.00. The number of aromatic nitrogens is 8. The molecule has 8 nitrogen and oxygen atoms in total. The van der Waals surface area contributed by atoms with E-state index in [2.05, 4.69) is 40.1 Å². The van der Waals surface area contributed by atoms with Crippen LogP contribution >= 0.6 is 0 Å². The summed E-state index contributed by atoms with van der Waals surface area (Å²) in [6, 6.07) is 3.86. The van der Waals surface area contributed by atoms with Gasteiger partial charge in [0.1, 0.15) is 12.0 Å². The molecule has 0 saturated carbocycles. The molecule has 24 heavy (non-hydrogen) atoms. The molecule has 0 fully saturated rings. The van der Waals surface area contributed by atoms with E-state index < -0.39 is 0 Å². The summed E-state index contributed by atoms with van der Waals surface area (Å²) >= 11 is 0. The SMILES string of the molecule is c1cc2nc(-c3n[nH]c4ncc(-c5cncnc5)cc34)[nH]c2cn1. The number of imidazole rings is 1. The van der Waals surface area contributed by atoms with Gasteiger partial charge in [-0.25, -0.2) is 19.9 Å². The van der Waals surface area contributed by atoms with E-state index in [1.807, 2.05) is 12.1 Å². The minimum atomic E-state index is 0.674. The van der Waals surface area contributed by atoms with Gasteiger partial charge >= 0.3 is 0 Å². The lowest BCUT2D eigenvalue weighted by Crippen LogP contribution is -1.85. The van der Waals surface area contributed by atoms with Gasteiger partial charge in [0.15, 0.2) is 11.5 Å². The molecule has 0 radical (unpaired) electrons. The van der Waals surface area contributed by atoms with Crippen molar-refractivity contribution >= 4 is 22.1 Å². The van der Waals surface area contributed by atoms with Gasteiger partial charge in [-0.15, -0.1) is 0 Å². The third-order valence-corrected chi connectivity index (χ3v) is 3.82. The first kappa shape index (κ1) is 12.8. The molecule has 5 aromatic rings. The Morgan fingerprint density at radius 1 is 0.917 bits per heavy atom. The Kier molecular flexibility index (Phi) is 2.63. The maximum atomic E-state index is 4.58. The van der Waals surface area contributed by atoms with Crippen molar-refractivity contribution in [2.75, 3.05) is 0 Å². The predicted molar refractivity (Wildman–Crippen MR) is 87.8 cm³/mol. The second-order valence-corrected chi connectivity index (χ2v) is 5.30. The normalized spacial score (nSPS) is 11.3. The Labute approximate surface area is 135 Å². The van der Waals surface area contributed by atoms with Crippen LogP contribution in [0, 0.1) is 0 Å². The van der Waals surface area contributed by atoms with Gasteiger partial charge in [0.25, 0.3) is 0 Å². The summed E-state index contributed by atoms with van der Waals surface area (Å²) in [7, 11) is 0. The number of rotatable bonds is 2. The first-order chi connectivity index (χ1) is 11.9. The van der Waals surface area contributed by atoms with Crippen LogP contribution in [-0.2, 0) is 0 Å². The van der Waals surface area contributed by atoms with Gasteiger partial charge in [-0.3, -0.25) is 10.1 Å². The maximum absolute atomic E-state index is 4.58. The fourth-order valence-corrected chi connectivity index (χ4v) is 2.66. The molecule has 0 aliphatic heterocycles. The van der Waals surface area contributed by atoms with Gasteiger partial charge in [-0.1, -0.05) is 0 Å². The molecule has 114 valence electrons. The standard InChI is InChI=1S/C16H10N8/c1-2-17-7-13-12(1)21-16(22-13)14-11-3-9(6-20-15(11)24-23-14)10-4-18-8-19-5-10/h1-8H,(H,21,22)(H,20,23,24). The van der Waals surface area contributed by atoms with Crippen LogP contribution in [0.3, 0.4) is 0 Å². The van der Waals surface area contributed by atoms with Crippen molar-refractivity contribution in [1.29, 1.82) is 0 Å². The largest absolute Gasteiger partial charge is 0.335 e. The summed E-state index contributed by atoms with van der Waals surface area (Å²) in [4.78, 5) is 24.4. The minimum Gasteiger partial charge on any atom is -0.335 e. The first-order valence-corrected chi connectivity index (χ1v) is 7.28. The Hall–Kier alpha value is -3.68. The second-order valence-electron chi connectivity index (χ2n) is 5.30. The number of nitrogens with zero attached hydrogens (tertiary/aromatic N) is 6. The Bertz CT molecular complexity index is 1130. The Morgan fingerprint density at radius 3 is 2.71 bits per heavy atom. The highest BCUT2D eigenvalue weighted by molar-refractivity contribution is 5.93. The molecule has 5 heterocycles. The molecular weight excluding hydrogens is 304 g/mol. The van der Waals surface area contributed by atoms with Gasteiger partial charge in [-0.05, 0) is 12.1 Å². The summed E-state index contributed by atoms with van der Waals surface area (Å²) in [6.07, 6.45) is 10.2. The van der Waals surface area contributed by atoms with E-state index in [4.69, 9.17) is 0 Å². The van der Waals surface area contributed by atoms with E-state index in [1.165, 1.54) is 6.33 Å². The highest BCUT2D eigenvalue weighted by Crippen LogP contribution is 2.28. The van der Waals surface area contributed by atoms with Crippen LogP contribution in [-0.4, -0.2) is 40.1 Å². The van der Waals surface area contributed by atoms with E-state index >= 15 is 0 Å². The number of fused-ring (bicyclic) bond motifs is 2. The van der Waals surface area contributed by atoms with Crippen molar-refractivity contribution in [2.45, 2.75) is 0 Å². The minimum absolute atomic E-state index is 0.674. The Morgan fingerprint density at radius 2 is 1.83 bits per heavy atom. The molecule has 0 unspecified atom stereocenters. The molecule has 2 N–H and O–H groups in total. The van der Waals surface area contributed by atoms with Gasteiger partial charge in [-0.2, -0.15) is 5.10 Å². The van der Waals surface area contributed by atoms with Crippen molar-refractivity contribution in [3.8, 4) is 22.6 Å². The molecule has 0 aliphatic rings. The quantitative estimate of drug-likeness (QED) is 0.517. The van der Waals surface area contributed by atoms with Crippen molar-refractivity contribution < 1.29 is 0 Å². The van der Waals surface area contributed by atoms with E-state index in [-0.39, 0.29) is 0 Å². The van der Waals surface area contributed by atoms with Gasteiger partial charge in [0.05, 0.1) is 22.6 Å². The van der Waals surface area contributed by atoms with Crippen molar-refractivity contribution in [1.82, 2.24) is 40.1 Å². The van der Waals surface area contributed by atoms with E-state index in [9.17, 15) is 0 Å². The average molecular weight is 314 g/mol. The molecular formula is C16H10N8. The van der Waals surface area contributed by atoms with Crippen LogP contribution in [0.15, 0.2) is 49.4 Å². The third kappa shape index (κ3) is 1.93. The fraction of sp³-hybridized carbons (Fsp3) is 0. The Balaban J connectivity index is 1.71. The zero-order valence-electron chi connectivity index (χ0n) is 12.3. The molecule has 8 heteroatoms. The van der Waals surface area contributed by atoms with E-state index in [1.54, 1.807) is 31.0 Å². The molecule has 0 bridgehead atoms. The number of pyridine rings is 2. The van der Waals surface area contributed by atoms with Crippen LogP contribution in [0.4, 0.5) is 0 Å². The topological polar surface area (TPSA) is 109 Å². The molecule has 0 atom stereocenters. The van der Waals surface area contributed by atoms with Gasteiger partial charge < -0.3 is 4.98 Å². The lowest BCUT2D eigenvalue weighted by atomic mass is 10.1. The smallest absolute Gasteiger partial charge is 0.159 e. The monoisotopic (exact) mass is 314 g/mol. The lowest BCUT2D eigenvalue weighted by molar-refractivity contribution is 1.09. The van der Waals surface area contributed by atoms with E-state index in [0.29, 0.717) is 17.2 Å². The van der Waals surface area contributed by atoms with Crippen LogP contribution < -0.4 is 0 Å². The molecule has 0 aromatic carbocycles. The third-order valence-electron chi connectivity index (χ3n) is 3.82. The molecule has 0 spiro atoms. The highest BCUT2D eigenvalue weighted by atomic mass is 15.2. The highest BCUT2D eigenvalue weighted by Gasteiger charge is 2.14. The fourth-order valence-electron chi connectivity index (χ4n) is 2.66. The molecule has 0 amide bonds. The summed E-state index contributed by atoms with van der Waals surface area (Å²) in [5.74, 6) is 0.674. The molecule has 5 aromatic heterocycles. The van der Waals surface area contributed by atoms with Gasteiger partial charge in [0, 0.05) is 35.9 Å². The molecule has 0 aliphatic carbocycles. The number of aromatic amines is 2. The summed E-state index contributed by atoms with van der Waals surface area (Å²) in [5, 5.41) is 8.18. The maximum Gasteiger partial charge on any atom is 0.159 e. The summed E-state index contributed by atoms with van der Waals surface area (Å²) in [5.41, 5.74) is 4.94. The van der Waals surface area contributed by atoms with E-state index in [0.717, 1.165) is 27.5 Å². The second kappa shape index (κ2) is 4.92. The predicted octanol–water partition coefficient (Wildman–Crippen LogP) is 2.35. The van der Waals surface area contributed by atoms with Crippen molar-refractivity contribution in [3.63, 3.8) is 0 Å². The van der Waals surface area contributed by atoms with Crippen LogP contribution in [0.2, 0.25) is 0 Å².